The van der Waals surface area contributed by atoms with Gasteiger partial charge in [0.15, 0.2) is 6.10 Å². The second-order valence-electron chi connectivity index (χ2n) is 5.46. The van der Waals surface area contributed by atoms with Crippen molar-refractivity contribution in [2.45, 2.75) is 31.5 Å². The molecule has 0 radical (unpaired) electrons. The van der Waals surface area contributed by atoms with Crippen LogP contribution in [0, 0.1) is 0 Å². The topological polar surface area (TPSA) is 157 Å². The lowest BCUT2D eigenvalue weighted by Crippen LogP contribution is -2.55. The fraction of sp³-hybridized carbons (Fsp3) is 0.833. The third kappa shape index (κ3) is 8.87. The molecule has 0 fully saturated rings. The van der Waals surface area contributed by atoms with E-state index in [2.05, 4.69) is 0 Å². The summed E-state index contributed by atoms with van der Waals surface area (Å²) < 4.78 is 9.05. The van der Waals surface area contributed by atoms with Gasteiger partial charge in [-0.1, -0.05) is 0 Å². The lowest BCUT2D eigenvalue weighted by Gasteiger charge is -2.34. The van der Waals surface area contributed by atoms with Gasteiger partial charge < -0.3 is 35.0 Å². The Labute approximate surface area is 127 Å². The number of nitrogens with zero attached hydrogens (tertiary/aromatic N) is 1. The summed E-state index contributed by atoms with van der Waals surface area (Å²) in [5.41, 5.74) is 0. The van der Waals surface area contributed by atoms with E-state index >= 15 is 0 Å². The van der Waals surface area contributed by atoms with Crippen LogP contribution in [0.15, 0.2) is 0 Å². The van der Waals surface area contributed by atoms with Crippen molar-refractivity contribution in [2.75, 3.05) is 33.9 Å². The highest BCUT2D eigenvalue weighted by atomic mass is 16.7. The second kappa shape index (κ2) is 8.36. The molecule has 22 heavy (non-hydrogen) atoms. The first-order valence-corrected chi connectivity index (χ1v) is 6.49. The number of carbonyl (C=O) groups excluding carboxylic acids is 2. The van der Waals surface area contributed by atoms with Crippen molar-refractivity contribution in [3.63, 3.8) is 0 Å². The van der Waals surface area contributed by atoms with Crippen molar-refractivity contribution in [3.05, 3.63) is 0 Å². The Hall–Kier alpha value is -1.30. The Balaban J connectivity index is 4.77. The van der Waals surface area contributed by atoms with Crippen LogP contribution in [-0.2, 0) is 14.3 Å². The van der Waals surface area contributed by atoms with Crippen LogP contribution in [0.5, 0.6) is 0 Å². The first-order chi connectivity index (χ1) is 9.87. The fourth-order valence-corrected chi connectivity index (χ4v) is 1.65. The highest BCUT2D eigenvalue weighted by molar-refractivity contribution is 5.66. The Morgan fingerprint density at radius 2 is 1.86 bits per heavy atom. The van der Waals surface area contributed by atoms with Crippen LogP contribution in [0.25, 0.3) is 0 Å². The van der Waals surface area contributed by atoms with Crippen molar-refractivity contribution >= 4 is 12.1 Å². The molecule has 2 atom stereocenters. The molecule has 2 unspecified atom stereocenters. The molecule has 10 heteroatoms. The molecule has 0 aromatic carbocycles. The number of esters is 1. The van der Waals surface area contributed by atoms with Crippen LogP contribution < -0.4 is 5.11 Å². The summed E-state index contributed by atoms with van der Waals surface area (Å²) in [5.74, 6) is -4.06. The number of ether oxygens (including phenoxy) is 2. The van der Waals surface area contributed by atoms with Gasteiger partial charge in [-0.05, 0) is 0 Å². The number of carbonyl (C=O) groups is 2. The molecule has 0 aliphatic carbocycles. The highest BCUT2D eigenvalue weighted by Crippen LogP contribution is 2.13. The molecule has 0 aliphatic heterocycles. The molecule has 0 heterocycles. The first-order valence-electron chi connectivity index (χ1n) is 6.49. The summed E-state index contributed by atoms with van der Waals surface area (Å²) >= 11 is 0. The molecule has 0 aromatic rings. The van der Waals surface area contributed by atoms with Gasteiger partial charge in [0.2, 0.25) is 0 Å². The summed E-state index contributed by atoms with van der Waals surface area (Å²) in [7, 11) is 2.76. The zero-order chi connectivity index (χ0) is 17.6. The molecule has 0 saturated heterocycles. The third-order valence-corrected chi connectivity index (χ3v) is 2.59. The van der Waals surface area contributed by atoms with Crippen LogP contribution >= 0.6 is 0 Å². The van der Waals surface area contributed by atoms with Crippen molar-refractivity contribution in [1.29, 1.82) is 0 Å². The molecule has 0 saturated carbocycles. The van der Waals surface area contributed by atoms with Gasteiger partial charge in [-0.2, -0.15) is 4.79 Å². The molecule has 0 aliphatic rings. The van der Waals surface area contributed by atoms with Crippen molar-refractivity contribution in [3.8, 4) is 0 Å². The largest absolute Gasteiger partial charge is 0.807 e. The first kappa shape index (κ1) is 20.7. The van der Waals surface area contributed by atoms with Gasteiger partial charge in [-0.15, -0.1) is 0 Å². The van der Waals surface area contributed by atoms with E-state index < -0.39 is 54.4 Å². The number of hydrogen-bond donors (Lipinski definition) is 4. The predicted octanol–water partition coefficient (Wildman–Crippen LogP) is -3.13. The number of hydrogen-bond acceptors (Lipinski definition) is 9. The quantitative estimate of drug-likeness (QED) is 0.206. The van der Waals surface area contributed by atoms with E-state index in [1.165, 1.54) is 14.1 Å². The summed E-state index contributed by atoms with van der Waals surface area (Å²) in [6, 6.07) is 0. The lowest BCUT2D eigenvalue weighted by atomic mass is 10.2. The summed E-state index contributed by atoms with van der Waals surface area (Å²) in [4.78, 5) is 22.9. The van der Waals surface area contributed by atoms with Crippen molar-refractivity contribution < 1.29 is 49.1 Å². The molecule has 4 N–H and O–H groups in total. The fourth-order valence-electron chi connectivity index (χ4n) is 1.65. The van der Waals surface area contributed by atoms with E-state index in [1.807, 2.05) is 0 Å². The summed E-state index contributed by atoms with van der Waals surface area (Å²) in [6.07, 6.45) is -4.11. The predicted molar refractivity (Wildman–Crippen MR) is 68.8 cm³/mol. The number of amides is 1. The zero-order valence-corrected chi connectivity index (χ0v) is 12.8. The zero-order valence-electron chi connectivity index (χ0n) is 12.8. The molecule has 0 rings (SSSR count). The van der Waals surface area contributed by atoms with Crippen molar-refractivity contribution in [1.82, 2.24) is 0 Å². The maximum absolute atomic E-state index is 11.9. The molecule has 0 aromatic heterocycles. The number of likely N-dealkylation sites (N-methyl/N-ethyl adjacent to an activating group) is 1. The van der Waals surface area contributed by atoms with Gasteiger partial charge in [0.25, 0.3) is 0 Å². The van der Waals surface area contributed by atoms with Gasteiger partial charge in [-0.25, -0.2) is 4.48 Å². The second-order valence-corrected chi connectivity index (χ2v) is 5.46. The molecular formula is C12H23NO9. The average Bonchev–Trinajstić information content (AvgIpc) is 2.31. The van der Waals surface area contributed by atoms with E-state index in [9.17, 15) is 14.7 Å². The Morgan fingerprint density at radius 1 is 1.32 bits per heavy atom. The summed E-state index contributed by atoms with van der Waals surface area (Å²) in [6.45, 7) is -0.186. The maximum atomic E-state index is 11.9. The average molecular weight is 325 g/mol. The third-order valence-electron chi connectivity index (χ3n) is 2.59. The van der Waals surface area contributed by atoms with E-state index in [1.54, 1.807) is 0 Å². The number of aliphatic hydroxyl groups is 4. The van der Waals surface area contributed by atoms with Crippen LogP contribution in [-0.4, -0.2) is 89.0 Å². The smallest absolute Gasteiger partial charge is 0.515 e. The summed E-state index contributed by atoms with van der Waals surface area (Å²) in [5, 5.41) is 46.4. The molecule has 1 amide bonds. The van der Waals surface area contributed by atoms with E-state index in [-0.39, 0.29) is 6.54 Å². The van der Waals surface area contributed by atoms with Gasteiger partial charge in [-0.3, -0.25) is 4.79 Å². The van der Waals surface area contributed by atoms with Crippen LogP contribution in [0.2, 0.25) is 0 Å². The standard InChI is InChI=1S/C12H23NO9/c1-8(15)22-10(4-12(18,19)20)5-13(2,3)11(17)21-7-9(16)6-14/h9-10,14,16,18-19H,4-7H2,1-3H3. The SMILES string of the molecule is CC(=O)OC(CC([O-])(O)O)C[N+](C)(C)C(=O)OCC(O)CO. The van der Waals surface area contributed by atoms with E-state index in [0.29, 0.717) is 0 Å². The Morgan fingerprint density at radius 3 is 2.27 bits per heavy atom. The van der Waals surface area contributed by atoms with Crippen LogP contribution in [0.3, 0.4) is 0 Å². The Bertz CT molecular complexity index is 377. The van der Waals surface area contributed by atoms with E-state index in [4.69, 9.17) is 29.9 Å². The van der Waals surface area contributed by atoms with Gasteiger partial charge >= 0.3 is 12.1 Å². The van der Waals surface area contributed by atoms with Gasteiger partial charge in [0.05, 0.1) is 26.7 Å². The molecule has 10 nitrogen and oxygen atoms in total. The monoisotopic (exact) mass is 325 g/mol. The molecule has 130 valence electrons. The molecule has 0 bridgehead atoms. The highest BCUT2D eigenvalue weighted by Gasteiger charge is 2.35. The lowest BCUT2D eigenvalue weighted by molar-refractivity contribution is -0.821. The van der Waals surface area contributed by atoms with Gasteiger partial charge in [0.1, 0.15) is 19.3 Å². The minimum absolute atomic E-state index is 0.251. The number of rotatable bonds is 8. The van der Waals surface area contributed by atoms with Gasteiger partial charge in [0, 0.05) is 13.3 Å². The number of aliphatic hydroxyl groups excluding tert-OH is 2. The number of quaternary nitrogens is 1. The maximum Gasteiger partial charge on any atom is 0.515 e. The van der Waals surface area contributed by atoms with E-state index in [0.717, 1.165) is 6.92 Å². The Kier molecular flexibility index (Phi) is 7.87. The minimum atomic E-state index is -3.31. The molecular weight excluding hydrogens is 302 g/mol. The molecule has 0 spiro atoms. The van der Waals surface area contributed by atoms with Crippen molar-refractivity contribution in [2.24, 2.45) is 0 Å². The van der Waals surface area contributed by atoms with Crippen LogP contribution in [0.1, 0.15) is 13.3 Å². The van der Waals surface area contributed by atoms with Crippen LogP contribution in [0.4, 0.5) is 4.79 Å². The minimum Gasteiger partial charge on any atom is -0.807 e. The normalized spacial score (nSPS) is 15.1.